The lowest BCUT2D eigenvalue weighted by Gasteiger charge is -2.21. The Labute approximate surface area is 171 Å². The van der Waals surface area contributed by atoms with E-state index < -0.39 is 0 Å². The molecule has 0 aromatic heterocycles. The van der Waals surface area contributed by atoms with Crippen molar-refractivity contribution in [1.29, 1.82) is 0 Å². The van der Waals surface area contributed by atoms with Crippen molar-refractivity contribution in [1.82, 2.24) is 0 Å². The number of fused-ring (bicyclic) bond motifs is 3. The molecule has 0 unspecified atom stereocenters. The second-order valence-corrected chi connectivity index (χ2v) is 8.46. The maximum Gasteiger partial charge on any atom is 0.0412 e. The Kier molecular flexibility index (Phi) is 3.92. The lowest BCUT2D eigenvalue weighted by Crippen LogP contribution is -2.14. The molecule has 28 heavy (non-hydrogen) atoms. The van der Waals surface area contributed by atoms with Crippen LogP contribution in [0.5, 0.6) is 0 Å². The normalized spacial score (nSPS) is 13.8. The van der Waals surface area contributed by atoms with Gasteiger partial charge in [-0.2, -0.15) is 0 Å². The van der Waals surface area contributed by atoms with Crippen LogP contribution in [0.4, 0.5) is 0 Å². The van der Waals surface area contributed by atoms with Gasteiger partial charge in [-0.15, -0.1) is 0 Å². The van der Waals surface area contributed by atoms with E-state index in [0.29, 0.717) is 0 Å². The molecule has 0 heterocycles. The van der Waals surface area contributed by atoms with Crippen molar-refractivity contribution in [3.8, 4) is 33.4 Å². The monoisotopic (exact) mass is 380 g/mol. The van der Waals surface area contributed by atoms with Crippen molar-refractivity contribution in [3.05, 3.63) is 107 Å². The van der Waals surface area contributed by atoms with Crippen LogP contribution in [0.3, 0.4) is 0 Å². The fourth-order valence-electron chi connectivity index (χ4n) is 4.45. The minimum Gasteiger partial charge on any atom is -0.0843 e. The number of hydrogen-bond donors (Lipinski definition) is 0. The third kappa shape index (κ3) is 2.68. The van der Waals surface area contributed by atoms with Gasteiger partial charge in [0, 0.05) is 10.4 Å². The molecule has 5 rings (SSSR count). The van der Waals surface area contributed by atoms with Crippen molar-refractivity contribution in [2.24, 2.45) is 0 Å². The van der Waals surface area contributed by atoms with E-state index in [1.54, 1.807) is 0 Å². The first kappa shape index (κ1) is 17.3. The fourth-order valence-corrected chi connectivity index (χ4v) is 4.64. The maximum atomic E-state index is 6.19. The molecule has 0 spiro atoms. The van der Waals surface area contributed by atoms with Gasteiger partial charge in [0.2, 0.25) is 0 Å². The molecule has 4 aromatic rings. The molecule has 0 nitrogen and oxygen atoms in total. The van der Waals surface area contributed by atoms with Crippen molar-refractivity contribution in [3.63, 3.8) is 0 Å². The second-order valence-electron chi connectivity index (χ2n) is 8.02. The molecule has 0 saturated heterocycles. The second kappa shape index (κ2) is 6.36. The highest BCUT2D eigenvalue weighted by Crippen LogP contribution is 2.49. The van der Waals surface area contributed by atoms with Crippen molar-refractivity contribution in [2.45, 2.75) is 19.3 Å². The molecule has 1 aliphatic carbocycles. The SMILES string of the molecule is CC1(C)c2ccccc2-c2cc(-c3cccc(-c4cccc(Cl)c4)c3)ccc21. The van der Waals surface area contributed by atoms with E-state index in [0.717, 1.165) is 10.6 Å². The van der Waals surface area contributed by atoms with E-state index in [9.17, 15) is 0 Å². The molecule has 0 N–H and O–H groups in total. The third-order valence-electron chi connectivity index (χ3n) is 5.94. The molecule has 136 valence electrons. The van der Waals surface area contributed by atoms with E-state index >= 15 is 0 Å². The molecule has 0 fully saturated rings. The molecular weight excluding hydrogens is 360 g/mol. The number of benzene rings is 4. The molecule has 0 atom stereocenters. The van der Waals surface area contributed by atoms with E-state index in [1.807, 2.05) is 18.2 Å². The average molecular weight is 381 g/mol. The first-order chi connectivity index (χ1) is 13.5. The van der Waals surface area contributed by atoms with Crippen molar-refractivity contribution in [2.75, 3.05) is 0 Å². The summed E-state index contributed by atoms with van der Waals surface area (Å²) in [5, 5.41) is 0.763. The predicted octanol–water partition coefficient (Wildman–Crippen LogP) is 7.98. The Morgan fingerprint density at radius 1 is 0.536 bits per heavy atom. The summed E-state index contributed by atoms with van der Waals surface area (Å²) < 4.78 is 0. The largest absolute Gasteiger partial charge is 0.0843 e. The van der Waals surface area contributed by atoms with Crippen LogP contribution >= 0.6 is 11.6 Å². The number of hydrogen-bond acceptors (Lipinski definition) is 0. The van der Waals surface area contributed by atoms with Crippen molar-refractivity contribution >= 4 is 11.6 Å². The zero-order chi connectivity index (χ0) is 19.3. The standard InChI is InChI=1S/C27H21Cl/c1-27(2)25-12-4-3-11-23(25)24-17-21(13-14-26(24)27)19-8-5-7-18(15-19)20-9-6-10-22(28)16-20/h3-17H,1-2H3. The first-order valence-electron chi connectivity index (χ1n) is 9.65. The zero-order valence-electron chi connectivity index (χ0n) is 16.0. The smallest absolute Gasteiger partial charge is 0.0412 e. The minimum absolute atomic E-state index is 0.0487. The highest BCUT2D eigenvalue weighted by atomic mass is 35.5. The zero-order valence-corrected chi connectivity index (χ0v) is 16.8. The van der Waals surface area contributed by atoms with Gasteiger partial charge in [-0.05, 0) is 68.8 Å². The summed E-state index contributed by atoms with van der Waals surface area (Å²) in [7, 11) is 0. The van der Waals surface area contributed by atoms with E-state index in [4.69, 9.17) is 11.6 Å². The Bertz CT molecular complexity index is 1200. The van der Waals surface area contributed by atoms with Gasteiger partial charge < -0.3 is 0 Å². The molecule has 0 amide bonds. The minimum atomic E-state index is 0.0487. The Balaban J connectivity index is 1.63. The molecule has 0 saturated carbocycles. The Morgan fingerprint density at radius 2 is 1.14 bits per heavy atom. The molecule has 4 aromatic carbocycles. The molecule has 0 bridgehead atoms. The third-order valence-corrected chi connectivity index (χ3v) is 6.17. The van der Waals surface area contributed by atoms with Crippen LogP contribution in [0.1, 0.15) is 25.0 Å². The summed E-state index contributed by atoms with van der Waals surface area (Å²) in [5.41, 5.74) is 10.4. The molecular formula is C27H21Cl. The van der Waals surface area contributed by atoms with Crippen LogP contribution < -0.4 is 0 Å². The topological polar surface area (TPSA) is 0 Å². The molecule has 0 radical (unpaired) electrons. The molecule has 1 aliphatic rings. The van der Waals surface area contributed by atoms with E-state index in [1.165, 1.54) is 38.9 Å². The summed E-state index contributed by atoms with van der Waals surface area (Å²) >= 11 is 6.19. The van der Waals surface area contributed by atoms with E-state index in [-0.39, 0.29) is 5.41 Å². The quantitative estimate of drug-likeness (QED) is 0.330. The van der Waals surface area contributed by atoms with Gasteiger partial charge in [0.1, 0.15) is 0 Å². The van der Waals surface area contributed by atoms with Gasteiger partial charge in [0.05, 0.1) is 0 Å². The Morgan fingerprint density at radius 3 is 1.89 bits per heavy atom. The molecule has 0 aliphatic heterocycles. The van der Waals surface area contributed by atoms with Crippen LogP contribution in [-0.2, 0) is 5.41 Å². The van der Waals surface area contributed by atoms with Gasteiger partial charge in [-0.25, -0.2) is 0 Å². The predicted molar refractivity (Wildman–Crippen MR) is 120 cm³/mol. The van der Waals surface area contributed by atoms with Crippen LogP contribution in [0.25, 0.3) is 33.4 Å². The van der Waals surface area contributed by atoms with Crippen LogP contribution in [0.2, 0.25) is 5.02 Å². The van der Waals surface area contributed by atoms with Gasteiger partial charge in [0.15, 0.2) is 0 Å². The lowest BCUT2D eigenvalue weighted by atomic mass is 9.82. The summed E-state index contributed by atoms with van der Waals surface area (Å²) in [4.78, 5) is 0. The summed E-state index contributed by atoms with van der Waals surface area (Å²) in [6, 6.07) is 32.4. The lowest BCUT2D eigenvalue weighted by molar-refractivity contribution is 0.660. The van der Waals surface area contributed by atoms with Crippen molar-refractivity contribution < 1.29 is 0 Å². The highest BCUT2D eigenvalue weighted by Gasteiger charge is 2.34. The van der Waals surface area contributed by atoms with Crippen LogP contribution in [-0.4, -0.2) is 0 Å². The number of rotatable bonds is 2. The first-order valence-corrected chi connectivity index (χ1v) is 10.0. The Hall–Kier alpha value is -2.83. The summed E-state index contributed by atoms with van der Waals surface area (Å²) in [6.07, 6.45) is 0. The highest BCUT2D eigenvalue weighted by molar-refractivity contribution is 6.30. The molecule has 1 heteroatoms. The van der Waals surface area contributed by atoms with Gasteiger partial charge >= 0.3 is 0 Å². The fraction of sp³-hybridized carbons (Fsp3) is 0.111. The van der Waals surface area contributed by atoms with Gasteiger partial charge in [0.25, 0.3) is 0 Å². The van der Waals surface area contributed by atoms with Gasteiger partial charge in [-0.1, -0.05) is 92.2 Å². The van der Waals surface area contributed by atoms with Crippen LogP contribution in [0, 0.1) is 0 Å². The van der Waals surface area contributed by atoms with Gasteiger partial charge in [-0.3, -0.25) is 0 Å². The summed E-state index contributed by atoms with van der Waals surface area (Å²) in [6.45, 7) is 4.63. The number of halogens is 1. The average Bonchev–Trinajstić information content (AvgIpc) is 2.95. The maximum absolute atomic E-state index is 6.19. The van der Waals surface area contributed by atoms with Crippen LogP contribution in [0.15, 0.2) is 91.0 Å². The van der Waals surface area contributed by atoms with E-state index in [2.05, 4.69) is 86.6 Å². The summed E-state index contributed by atoms with van der Waals surface area (Å²) in [5.74, 6) is 0.